The Morgan fingerprint density at radius 2 is 2.03 bits per heavy atom. The summed E-state index contributed by atoms with van der Waals surface area (Å²) in [7, 11) is 0. The Bertz CT molecular complexity index is 1320. The van der Waals surface area contributed by atoms with Crippen LogP contribution in [0.5, 0.6) is 0 Å². The summed E-state index contributed by atoms with van der Waals surface area (Å²) in [4.78, 5) is 24.7. The van der Waals surface area contributed by atoms with Crippen LogP contribution in [-0.4, -0.2) is 49.7 Å². The molecule has 1 aliphatic rings. The lowest BCUT2D eigenvalue weighted by Gasteiger charge is -2.33. The molecule has 8 heteroatoms. The second-order valence-corrected chi connectivity index (χ2v) is 8.33. The van der Waals surface area contributed by atoms with Gasteiger partial charge in [0.25, 0.3) is 5.56 Å². The molecule has 31 heavy (non-hydrogen) atoms. The SMILES string of the molecule is CCCc1nc(C)cn2nc(-c3cc(=O)n4cc(N5CCNC(C)C5)ccc4n3)cc12. The van der Waals surface area contributed by atoms with Gasteiger partial charge in [0.05, 0.1) is 34.5 Å². The number of pyridine rings is 1. The molecule has 5 heterocycles. The first-order valence-electron chi connectivity index (χ1n) is 10.9. The third kappa shape index (κ3) is 3.67. The molecule has 8 nitrogen and oxygen atoms in total. The number of aromatic nitrogens is 5. The largest absolute Gasteiger partial charge is 0.368 e. The molecule has 1 aliphatic heterocycles. The molecule has 0 aromatic carbocycles. The number of aryl methyl sites for hydroxylation is 2. The summed E-state index contributed by atoms with van der Waals surface area (Å²) >= 11 is 0. The third-order valence-corrected chi connectivity index (χ3v) is 5.78. The van der Waals surface area contributed by atoms with E-state index in [1.807, 2.05) is 42.0 Å². The Morgan fingerprint density at radius 1 is 1.16 bits per heavy atom. The molecule has 160 valence electrons. The van der Waals surface area contributed by atoms with Crippen LogP contribution in [-0.2, 0) is 6.42 Å². The topological polar surface area (TPSA) is 79.8 Å². The minimum Gasteiger partial charge on any atom is -0.368 e. The molecule has 1 fully saturated rings. The summed E-state index contributed by atoms with van der Waals surface area (Å²) in [5.41, 5.74) is 5.73. The van der Waals surface area contributed by atoms with E-state index in [9.17, 15) is 4.79 Å². The summed E-state index contributed by atoms with van der Waals surface area (Å²) in [6.07, 6.45) is 5.70. The summed E-state index contributed by atoms with van der Waals surface area (Å²) in [5, 5.41) is 8.13. The zero-order chi connectivity index (χ0) is 21.5. The van der Waals surface area contributed by atoms with Gasteiger partial charge in [-0.15, -0.1) is 0 Å². The summed E-state index contributed by atoms with van der Waals surface area (Å²) in [6, 6.07) is 7.93. The van der Waals surface area contributed by atoms with Crippen LogP contribution >= 0.6 is 0 Å². The van der Waals surface area contributed by atoms with Crippen molar-refractivity contribution in [2.75, 3.05) is 24.5 Å². The highest BCUT2D eigenvalue weighted by molar-refractivity contribution is 5.66. The minimum absolute atomic E-state index is 0.106. The maximum Gasteiger partial charge on any atom is 0.258 e. The number of fused-ring (bicyclic) bond motifs is 2. The van der Waals surface area contributed by atoms with Gasteiger partial charge in [0, 0.05) is 37.9 Å². The van der Waals surface area contributed by atoms with Crippen molar-refractivity contribution in [2.45, 2.75) is 39.7 Å². The van der Waals surface area contributed by atoms with E-state index < -0.39 is 0 Å². The molecular formula is C23H27N7O. The zero-order valence-electron chi connectivity index (χ0n) is 18.2. The highest BCUT2D eigenvalue weighted by atomic mass is 16.1. The zero-order valence-corrected chi connectivity index (χ0v) is 18.2. The number of rotatable bonds is 4. The number of piperazine rings is 1. The van der Waals surface area contributed by atoms with E-state index in [0.717, 1.165) is 55.1 Å². The maximum absolute atomic E-state index is 13.0. The average Bonchev–Trinajstić information content (AvgIpc) is 3.18. The number of nitrogens with one attached hydrogen (secondary N) is 1. The molecule has 0 bridgehead atoms. The quantitative estimate of drug-likeness (QED) is 0.550. The van der Waals surface area contributed by atoms with Gasteiger partial charge < -0.3 is 10.2 Å². The number of nitrogens with zero attached hydrogens (tertiary/aromatic N) is 6. The fourth-order valence-corrected chi connectivity index (χ4v) is 4.31. The van der Waals surface area contributed by atoms with E-state index in [-0.39, 0.29) is 5.56 Å². The molecule has 4 aromatic heterocycles. The molecule has 1 saturated heterocycles. The lowest BCUT2D eigenvalue weighted by atomic mass is 10.2. The minimum atomic E-state index is -0.106. The Kier molecular flexibility index (Phi) is 4.94. The van der Waals surface area contributed by atoms with Crippen molar-refractivity contribution in [3.63, 3.8) is 0 Å². The molecule has 5 rings (SSSR count). The van der Waals surface area contributed by atoms with E-state index in [2.05, 4.69) is 34.1 Å². The lowest BCUT2D eigenvalue weighted by Crippen LogP contribution is -2.49. The van der Waals surface area contributed by atoms with Crippen molar-refractivity contribution >= 4 is 16.9 Å². The van der Waals surface area contributed by atoms with Crippen LogP contribution in [0.3, 0.4) is 0 Å². The van der Waals surface area contributed by atoms with E-state index in [1.165, 1.54) is 0 Å². The standard InChI is InChI=1S/C23H27N7O/c1-4-5-18-21-10-20(27-30(21)13-16(3)25-18)19-11-23(31)29-14-17(6-7-22(29)26-19)28-9-8-24-15(2)12-28/h6-7,10-11,13-15,24H,4-5,8-9,12H2,1-3H3. The molecule has 0 aliphatic carbocycles. The number of anilines is 1. The maximum atomic E-state index is 13.0. The van der Waals surface area contributed by atoms with E-state index in [1.54, 1.807) is 10.5 Å². The van der Waals surface area contributed by atoms with Crippen LogP contribution in [0.1, 0.15) is 31.7 Å². The van der Waals surface area contributed by atoms with Gasteiger partial charge in [0.1, 0.15) is 11.3 Å². The first kappa shape index (κ1) is 19.7. The Balaban J connectivity index is 1.56. The second kappa shape index (κ2) is 7.77. The van der Waals surface area contributed by atoms with Gasteiger partial charge in [0.15, 0.2) is 0 Å². The highest BCUT2D eigenvalue weighted by Crippen LogP contribution is 2.22. The van der Waals surface area contributed by atoms with Crippen LogP contribution < -0.4 is 15.8 Å². The van der Waals surface area contributed by atoms with Gasteiger partial charge in [-0.05, 0) is 38.5 Å². The molecule has 1 atom stereocenters. The molecule has 1 N–H and O–H groups in total. The van der Waals surface area contributed by atoms with Crippen LogP contribution in [0.25, 0.3) is 22.6 Å². The number of hydrogen-bond donors (Lipinski definition) is 1. The van der Waals surface area contributed by atoms with Gasteiger partial charge in [0.2, 0.25) is 0 Å². The van der Waals surface area contributed by atoms with E-state index in [4.69, 9.17) is 4.98 Å². The first-order chi connectivity index (χ1) is 15.0. The van der Waals surface area contributed by atoms with Gasteiger partial charge in [-0.3, -0.25) is 14.2 Å². The van der Waals surface area contributed by atoms with Crippen LogP contribution in [0.15, 0.2) is 41.5 Å². The van der Waals surface area contributed by atoms with Crippen molar-refractivity contribution < 1.29 is 0 Å². The van der Waals surface area contributed by atoms with E-state index >= 15 is 0 Å². The molecule has 4 aromatic rings. The van der Waals surface area contributed by atoms with Crippen LogP contribution in [0.2, 0.25) is 0 Å². The molecule has 0 saturated carbocycles. The van der Waals surface area contributed by atoms with Crippen molar-refractivity contribution in [3.8, 4) is 11.4 Å². The Hall–Kier alpha value is -3.26. The van der Waals surface area contributed by atoms with Gasteiger partial charge in [-0.25, -0.2) is 9.50 Å². The van der Waals surface area contributed by atoms with Crippen LogP contribution in [0, 0.1) is 6.92 Å². The normalized spacial score (nSPS) is 17.0. The van der Waals surface area contributed by atoms with Crippen LogP contribution in [0.4, 0.5) is 5.69 Å². The highest BCUT2D eigenvalue weighted by Gasteiger charge is 2.17. The van der Waals surface area contributed by atoms with Crippen molar-refractivity contribution in [3.05, 3.63) is 58.4 Å². The number of hydrogen-bond acceptors (Lipinski definition) is 6. The van der Waals surface area contributed by atoms with Crippen molar-refractivity contribution in [1.82, 2.24) is 29.3 Å². The van der Waals surface area contributed by atoms with E-state index in [0.29, 0.717) is 23.1 Å². The van der Waals surface area contributed by atoms with Crippen molar-refractivity contribution in [1.29, 1.82) is 0 Å². The summed E-state index contributed by atoms with van der Waals surface area (Å²) in [5.74, 6) is 0. The van der Waals surface area contributed by atoms with Gasteiger partial charge >= 0.3 is 0 Å². The average molecular weight is 418 g/mol. The fraction of sp³-hybridized carbons (Fsp3) is 0.391. The predicted octanol–water partition coefficient (Wildman–Crippen LogP) is 2.46. The summed E-state index contributed by atoms with van der Waals surface area (Å²) < 4.78 is 3.47. The monoisotopic (exact) mass is 417 g/mol. The Labute approximate surface area is 180 Å². The molecule has 1 unspecified atom stereocenters. The first-order valence-corrected chi connectivity index (χ1v) is 10.9. The summed E-state index contributed by atoms with van der Waals surface area (Å²) in [6.45, 7) is 9.06. The van der Waals surface area contributed by atoms with Crippen molar-refractivity contribution in [2.24, 2.45) is 0 Å². The molecule has 0 amide bonds. The lowest BCUT2D eigenvalue weighted by molar-refractivity contribution is 0.484. The fourth-order valence-electron chi connectivity index (χ4n) is 4.31. The van der Waals surface area contributed by atoms with Gasteiger partial charge in [-0.1, -0.05) is 13.3 Å². The molecular weight excluding hydrogens is 390 g/mol. The predicted molar refractivity (Wildman–Crippen MR) is 122 cm³/mol. The molecule has 0 radical (unpaired) electrons. The Morgan fingerprint density at radius 3 is 2.84 bits per heavy atom. The van der Waals surface area contributed by atoms with Gasteiger partial charge in [-0.2, -0.15) is 5.10 Å². The smallest absolute Gasteiger partial charge is 0.258 e. The second-order valence-electron chi connectivity index (χ2n) is 8.33. The third-order valence-electron chi connectivity index (χ3n) is 5.78. The molecule has 0 spiro atoms.